The van der Waals surface area contributed by atoms with Crippen LogP contribution in [0.15, 0.2) is 79.5 Å². The SMILES string of the molecule is Cc1cccc(C)c1NC(=O)c1cnc(Nc2ccc(OCCCN3CCN(C)CC3)c(F)c2)nc1Oc1ccc(-n2cncn2)cc1. The molecule has 248 valence electrons. The number of carbonyl (C=O) groups excluding carboxylic acids is 1. The summed E-state index contributed by atoms with van der Waals surface area (Å²) in [4.78, 5) is 31.1. The maximum Gasteiger partial charge on any atom is 0.262 e. The summed E-state index contributed by atoms with van der Waals surface area (Å²) in [5.41, 5.74) is 3.84. The number of aryl methyl sites for hydroxylation is 2. The number of benzene rings is 3. The van der Waals surface area contributed by atoms with Gasteiger partial charge in [0.15, 0.2) is 11.6 Å². The van der Waals surface area contributed by atoms with Gasteiger partial charge in [0.1, 0.15) is 24.0 Å². The Morgan fingerprint density at radius 2 is 1.77 bits per heavy atom. The number of carbonyl (C=O) groups is 1. The molecule has 1 aliphatic rings. The zero-order valence-corrected chi connectivity index (χ0v) is 27.2. The molecule has 5 aromatic rings. The molecule has 0 saturated carbocycles. The highest BCUT2D eigenvalue weighted by atomic mass is 19.1. The molecule has 0 radical (unpaired) electrons. The van der Waals surface area contributed by atoms with Gasteiger partial charge in [0, 0.05) is 56.4 Å². The Morgan fingerprint density at radius 3 is 2.48 bits per heavy atom. The lowest BCUT2D eigenvalue weighted by atomic mass is 10.1. The number of hydrogen-bond donors (Lipinski definition) is 2. The van der Waals surface area contributed by atoms with Gasteiger partial charge in [-0.3, -0.25) is 4.79 Å². The normalized spacial score (nSPS) is 13.7. The number of piperazine rings is 1. The Balaban J connectivity index is 1.16. The first kappa shape index (κ1) is 32.5. The lowest BCUT2D eigenvalue weighted by molar-refractivity contribution is 0.102. The maximum absolute atomic E-state index is 15.0. The van der Waals surface area contributed by atoms with Crippen LogP contribution < -0.4 is 20.1 Å². The number of anilines is 3. The van der Waals surface area contributed by atoms with E-state index in [1.165, 1.54) is 18.6 Å². The number of rotatable bonds is 12. The van der Waals surface area contributed by atoms with Crippen LogP contribution in [0.5, 0.6) is 17.4 Å². The summed E-state index contributed by atoms with van der Waals surface area (Å²) < 4.78 is 28.5. The van der Waals surface area contributed by atoms with Crippen LogP contribution in [0.2, 0.25) is 0 Å². The van der Waals surface area contributed by atoms with Crippen molar-refractivity contribution in [3.63, 3.8) is 0 Å². The fraction of sp³-hybridized carbons (Fsp3) is 0.286. The van der Waals surface area contributed by atoms with E-state index in [4.69, 9.17) is 9.47 Å². The van der Waals surface area contributed by atoms with Crippen LogP contribution in [0.1, 0.15) is 27.9 Å². The highest BCUT2D eigenvalue weighted by molar-refractivity contribution is 6.06. The first-order valence-corrected chi connectivity index (χ1v) is 15.8. The number of para-hydroxylation sites is 1. The van der Waals surface area contributed by atoms with Crippen molar-refractivity contribution in [2.75, 3.05) is 57.0 Å². The molecule has 1 fully saturated rings. The van der Waals surface area contributed by atoms with E-state index in [1.807, 2.05) is 32.0 Å². The van der Waals surface area contributed by atoms with Crippen LogP contribution in [0.4, 0.5) is 21.7 Å². The second-order valence-electron chi connectivity index (χ2n) is 11.7. The Bertz CT molecular complexity index is 1820. The van der Waals surface area contributed by atoms with Crippen molar-refractivity contribution in [1.29, 1.82) is 0 Å². The second kappa shape index (κ2) is 15.0. The first-order chi connectivity index (χ1) is 23.3. The monoisotopic (exact) mass is 651 g/mol. The lowest BCUT2D eigenvalue weighted by Gasteiger charge is -2.32. The van der Waals surface area contributed by atoms with Gasteiger partial charge in [0.25, 0.3) is 5.91 Å². The van der Waals surface area contributed by atoms with Crippen molar-refractivity contribution in [3.8, 4) is 23.1 Å². The molecular formula is C35H38FN9O3. The van der Waals surface area contributed by atoms with Crippen LogP contribution >= 0.6 is 0 Å². The smallest absolute Gasteiger partial charge is 0.262 e. The number of ether oxygens (including phenoxy) is 2. The minimum Gasteiger partial charge on any atom is -0.490 e. The van der Waals surface area contributed by atoms with Crippen LogP contribution in [0.3, 0.4) is 0 Å². The van der Waals surface area contributed by atoms with Crippen molar-refractivity contribution >= 4 is 23.2 Å². The van der Waals surface area contributed by atoms with Crippen molar-refractivity contribution in [2.45, 2.75) is 20.3 Å². The van der Waals surface area contributed by atoms with Crippen LogP contribution in [0, 0.1) is 19.7 Å². The largest absolute Gasteiger partial charge is 0.490 e. The summed E-state index contributed by atoms with van der Waals surface area (Å²) in [6.07, 6.45) is 5.23. The molecule has 13 heteroatoms. The van der Waals surface area contributed by atoms with E-state index in [0.717, 1.165) is 56.0 Å². The zero-order chi connectivity index (χ0) is 33.5. The number of halogens is 1. The van der Waals surface area contributed by atoms with E-state index in [9.17, 15) is 4.79 Å². The van der Waals surface area contributed by atoms with Gasteiger partial charge >= 0.3 is 0 Å². The third kappa shape index (κ3) is 8.11. The van der Waals surface area contributed by atoms with Crippen LogP contribution in [0.25, 0.3) is 5.69 Å². The van der Waals surface area contributed by atoms with Gasteiger partial charge in [-0.1, -0.05) is 18.2 Å². The average molecular weight is 652 g/mol. The van der Waals surface area contributed by atoms with E-state index in [2.05, 4.69) is 47.5 Å². The average Bonchev–Trinajstić information content (AvgIpc) is 3.62. The minimum atomic E-state index is -0.506. The summed E-state index contributed by atoms with van der Waals surface area (Å²) >= 11 is 0. The molecular weight excluding hydrogens is 613 g/mol. The van der Waals surface area contributed by atoms with Gasteiger partial charge in [-0.25, -0.2) is 19.0 Å². The summed E-state index contributed by atoms with van der Waals surface area (Å²) in [7, 11) is 2.13. The number of aromatic nitrogens is 5. The maximum atomic E-state index is 15.0. The Labute approximate surface area is 278 Å². The number of likely N-dealkylation sites (N-methyl/N-ethyl adjacent to an activating group) is 1. The molecule has 0 atom stereocenters. The molecule has 0 bridgehead atoms. The standard InChI is InChI=1S/C35H38FN9O3/c1-24-6-4-7-25(2)32(24)41-33(46)29-21-38-35(42-34(29)48-28-11-9-27(10-12-28)45-23-37-22-39-45)40-26-8-13-31(30(36)20-26)47-19-5-14-44-17-15-43(3)16-18-44/h4,6-13,20-23H,5,14-19H2,1-3H3,(H,41,46)(H,38,40,42). The number of amides is 1. The fourth-order valence-electron chi connectivity index (χ4n) is 5.34. The lowest BCUT2D eigenvalue weighted by Crippen LogP contribution is -2.44. The number of hydrogen-bond acceptors (Lipinski definition) is 10. The minimum absolute atomic E-state index is 0.0190. The van der Waals surface area contributed by atoms with Gasteiger partial charge in [-0.2, -0.15) is 10.1 Å². The zero-order valence-electron chi connectivity index (χ0n) is 27.2. The van der Waals surface area contributed by atoms with E-state index >= 15 is 4.39 Å². The van der Waals surface area contributed by atoms with Gasteiger partial charge in [0.2, 0.25) is 11.8 Å². The fourth-order valence-corrected chi connectivity index (χ4v) is 5.34. The molecule has 3 heterocycles. The summed E-state index contributed by atoms with van der Waals surface area (Å²) in [6, 6.07) is 17.4. The Hall–Kier alpha value is -5.40. The van der Waals surface area contributed by atoms with E-state index in [0.29, 0.717) is 23.7 Å². The van der Waals surface area contributed by atoms with Crippen molar-refractivity contribution < 1.29 is 18.7 Å². The van der Waals surface area contributed by atoms with E-state index in [1.54, 1.807) is 47.4 Å². The summed E-state index contributed by atoms with van der Waals surface area (Å²) in [5, 5.41) is 10.1. The summed E-state index contributed by atoms with van der Waals surface area (Å²) in [5.74, 6) is -0.193. The molecule has 6 rings (SSSR count). The Morgan fingerprint density at radius 1 is 1.00 bits per heavy atom. The highest BCUT2D eigenvalue weighted by Crippen LogP contribution is 2.29. The Kier molecular flexibility index (Phi) is 10.2. The first-order valence-electron chi connectivity index (χ1n) is 15.8. The second-order valence-corrected chi connectivity index (χ2v) is 11.7. The third-order valence-corrected chi connectivity index (χ3v) is 8.11. The molecule has 3 aromatic carbocycles. The molecule has 48 heavy (non-hydrogen) atoms. The molecule has 0 unspecified atom stereocenters. The van der Waals surface area contributed by atoms with Gasteiger partial charge < -0.3 is 29.9 Å². The van der Waals surface area contributed by atoms with Crippen LogP contribution in [-0.4, -0.2) is 86.8 Å². The molecule has 2 N–H and O–H groups in total. The predicted octanol–water partition coefficient (Wildman–Crippen LogP) is 5.62. The predicted molar refractivity (Wildman–Crippen MR) is 181 cm³/mol. The number of nitrogens with one attached hydrogen (secondary N) is 2. The number of nitrogens with zero attached hydrogens (tertiary/aromatic N) is 7. The van der Waals surface area contributed by atoms with Gasteiger partial charge in [-0.05, 0) is 74.8 Å². The van der Waals surface area contributed by atoms with E-state index < -0.39 is 11.7 Å². The quantitative estimate of drug-likeness (QED) is 0.165. The molecule has 1 amide bonds. The van der Waals surface area contributed by atoms with Gasteiger partial charge in [-0.15, -0.1) is 0 Å². The summed E-state index contributed by atoms with van der Waals surface area (Å²) in [6.45, 7) is 9.37. The van der Waals surface area contributed by atoms with Gasteiger partial charge in [0.05, 0.1) is 12.3 Å². The van der Waals surface area contributed by atoms with Crippen molar-refractivity contribution in [1.82, 2.24) is 34.5 Å². The third-order valence-electron chi connectivity index (χ3n) is 8.11. The van der Waals surface area contributed by atoms with Crippen molar-refractivity contribution in [3.05, 3.63) is 102 Å². The molecule has 0 aliphatic carbocycles. The molecule has 2 aromatic heterocycles. The molecule has 12 nitrogen and oxygen atoms in total. The molecule has 1 aliphatic heterocycles. The highest BCUT2D eigenvalue weighted by Gasteiger charge is 2.20. The van der Waals surface area contributed by atoms with Crippen LogP contribution in [-0.2, 0) is 0 Å². The van der Waals surface area contributed by atoms with E-state index in [-0.39, 0.29) is 23.1 Å². The molecule has 1 saturated heterocycles. The topological polar surface area (TPSA) is 123 Å². The molecule has 0 spiro atoms. The van der Waals surface area contributed by atoms with Crippen molar-refractivity contribution in [2.24, 2.45) is 0 Å².